The molecule has 0 bridgehead atoms. The zero-order valence-electron chi connectivity index (χ0n) is 14.7. The van der Waals surface area contributed by atoms with E-state index in [-0.39, 0.29) is 17.2 Å². The van der Waals surface area contributed by atoms with Crippen LogP contribution in [0.5, 0.6) is 11.6 Å². The molecular weight excluding hydrogens is 396 g/mol. The molecule has 0 aliphatic rings. The highest BCUT2D eigenvalue weighted by molar-refractivity contribution is 9.10. The maximum absolute atomic E-state index is 12.6. The Hall–Kier alpha value is -2.67. The highest BCUT2D eigenvalue weighted by atomic mass is 79.9. The molecule has 2 heterocycles. The van der Waals surface area contributed by atoms with Gasteiger partial charge in [0.15, 0.2) is 5.82 Å². The van der Waals surface area contributed by atoms with E-state index in [1.165, 1.54) is 0 Å². The lowest BCUT2D eigenvalue weighted by molar-refractivity contribution is 0.102. The SMILES string of the molecule is CC(C)(C)c1cc(NC(=O)c2cccnc2Oc2ccc(Br)cc2)n[nH]1. The standard InChI is InChI=1S/C19H19BrN4O2/c1-19(2,3)15-11-16(24-23-15)22-17(25)14-5-4-10-21-18(14)26-13-8-6-12(20)7-9-13/h4-11H,1-3H3,(H2,22,23,24,25). The van der Waals surface area contributed by atoms with E-state index in [1.807, 2.05) is 18.2 Å². The second-order valence-corrected chi connectivity index (χ2v) is 7.70. The van der Waals surface area contributed by atoms with Crippen LogP contribution >= 0.6 is 15.9 Å². The minimum absolute atomic E-state index is 0.0832. The van der Waals surface area contributed by atoms with E-state index in [2.05, 4.69) is 57.2 Å². The van der Waals surface area contributed by atoms with E-state index in [1.54, 1.807) is 30.5 Å². The number of aromatic amines is 1. The molecule has 1 aromatic carbocycles. The predicted octanol–water partition coefficient (Wildman–Crippen LogP) is 4.91. The van der Waals surface area contributed by atoms with Gasteiger partial charge in [-0.25, -0.2) is 4.98 Å². The number of anilines is 1. The maximum atomic E-state index is 12.6. The van der Waals surface area contributed by atoms with Crippen molar-refractivity contribution in [3.63, 3.8) is 0 Å². The second kappa shape index (κ2) is 7.29. The topological polar surface area (TPSA) is 79.9 Å². The number of carbonyl (C=O) groups excluding carboxylic acids is 1. The average Bonchev–Trinajstić information content (AvgIpc) is 3.06. The summed E-state index contributed by atoms with van der Waals surface area (Å²) < 4.78 is 6.70. The molecule has 26 heavy (non-hydrogen) atoms. The zero-order chi connectivity index (χ0) is 18.7. The van der Waals surface area contributed by atoms with Crippen LogP contribution in [0.25, 0.3) is 0 Å². The highest BCUT2D eigenvalue weighted by Crippen LogP contribution is 2.26. The number of benzene rings is 1. The molecule has 0 atom stereocenters. The van der Waals surface area contributed by atoms with Gasteiger partial charge in [0.05, 0.1) is 0 Å². The summed E-state index contributed by atoms with van der Waals surface area (Å²) in [5, 5.41) is 9.87. The van der Waals surface area contributed by atoms with Crippen molar-refractivity contribution in [2.45, 2.75) is 26.2 Å². The minimum atomic E-state index is -0.336. The summed E-state index contributed by atoms with van der Waals surface area (Å²) >= 11 is 3.38. The smallest absolute Gasteiger partial charge is 0.262 e. The number of ether oxygens (including phenoxy) is 1. The Kier molecular flexibility index (Phi) is 5.08. The largest absolute Gasteiger partial charge is 0.438 e. The number of hydrogen-bond acceptors (Lipinski definition) is 4. The van der Waals surface area contributed by atoms with Gasteiger partial charge in [-0.3, -0.25) is 9.89 Å². The van der Waals surface area contributed by atoms with E-state index in [0.717, 1.165) is 10.2 Å². The molecular formula is C19H19BrN4O2. The molecule has 0 saturated carbocycles. The lowest BCUT2D eigenvalue weighted by Gasteiger charge is -2.14. The number of aromatic nitrogens is 3. The molecule has 2 aromatic heterocycles. The second-order valence-electron chi connectivity index (χ2n) is 6.78. The first-order valence-electron chi connectivity index (χ1n) is 8.08. The Morgan fingerprint density at radius 1 is 1.19 bits per heavy atom. The van der Waals surface area contributed by atoms with E-state index in [4.69, 9.17) is 4.74 Å². The molecule has 7 heteroatoms. The summed E-state index contributed by atoms with van der Waals surface area (Å²) in [5.41, 5.74) is 1.18. The van der Waals surface area contributed by atoms with Gasteiger partial charge in [0.2, 0.25) is 5.88 Å². The molecule has 6 nitrogen and oxygen atoms in total. The van der Waals surface area contributed by atoms with Gasteiger partial charge in [-0.2, -0.15) is 5.10 Å². The van der Waals surface area contributed by atoms with Gasteiger partial charge in [-0.1, -0.05) is 36.7 Å². The lowest BCUT2D eigenvalue weighted by Crippen LogP contribution is -2.14. The Labute approximate surface area is 160 Å². The van der Waals surface area contributed by atoms with Gasteiger partial charge in [-0.15, -0.1) is 0 Å². The van der Waals surface area contributed by atoms with Crippen molar-refractivity contribution in [1.29, 1.82) is 0 Å². The molecule has 3 aromatic rings. The molecule has 0 aliphatic carbocycles. The number of H-pyrrole nitrogens is 1. The van der Waals surface area contributed by atoms with Gasteiger partial charge in [0.25, 0.3) is 5.91 Å². The molecule has 1 amide bonds. The molecule has 134 valence electrons. The lowest BCUT2D eigenvalue weighted by atomic mass is 9.92. The molecule has 0 saturated heterocycles. The highest BCUT2D eigenvalue weighted by Gasteiger charge is 2.19. The number of carbonyl (C=O) groups is 1. The summed E-state index contributed by atoms with van der Waals surface area (Å²) in [7, 11) is 0. The van der Waals surface area contributed by atoms with Crippen molar-refractivity contribution in [2.75, 3.05) is 5.32 Å². The third-order valence-corrected chi connectivity index (χ3v) is 4.20. The first kappa shape index (κ1) is 18.1. The van der Waals surface area contributed by atoms with Gasteiger partial charge in [0.1, 0.15) is 11.3 Å². The average molecular weight is 415 g/mol. The maximum Gasteiger partial charge on any atom is 0.262 e. The number of amides is 1. The van der Waals surface area contributed by atoms with Crippen LogP contribution in [-0.2, 0) is 5.41 Å². The van der Waals surface area contributed by atoms with Crippen LogP contribution in [0.15, 0.2) is 53.1 Å². The third kappa shape index (κ3) is 4.29. The van der Waals surface area contributed by atoms with Crippen molar-refractivity contribution < 1.29 is 9.53 Å². The first-order chi connectivity index (χ1) is 12.3. The predicted molar refractivity (Wildman–Crippen MR) is 104 cm³/mol. The van der Waals surface area contributed by atoms with Crippen LogP contribution in [0, 0.1) is 0 Å². The first-order valence-corrected chi connectivity index (χ1v) is 8.88. The molecule has 2 N–H and O–H groups in total. The molecule has 0 radical (unpaired) electrons. The minimum Gasteiger partial charge on any atom is -0.438 e. The quantitative estimate of drug-likeness (QED) is 0.635. The normalized spacial score (nSPS) is 11.2. The number of nitrogens with zero attached hydrogens (tertiary/aromatic N) is 2. The summed E-state index contributed by atoms with van der Waals surface area (Å²) in [6.07, 6.45) is 1.58. The van der Waals surface area contributed by atoms with E-state index in [9.17, 15) is 4.79 Å². The fourth-order valence-electron chi connectivity index (χ4n) is 2.21. The van der Waals surface area contributed by atoms with Crippen LogP contribution < -0.4 is 10.1 Å². The monoisotopic (exact) mass is 414 g/mol. The van der Waals surface area contributed by atoms with Gasteiger partial charge in [0, 0.05) is 27.8 Å². The Morgan fingerprint density at radius 3 is 2.58 bits per heavy atom. The van der Waals surface area contributed by atoms with Gasteiger partial charge < -0.3 is 10.1 Å². The van der Waals surface area contributed by atoms with Crippen molar-refractivity contribution >= 4 is 27.7 Å². The van der Waals surface area contributed by atoms with Crippen LogP contribution in [0.1, 0.15) is 36.8 Å². The number of rotatable bonds is 4. The fourth-order valence-corrected chi connectivity index (χ4v) is 2.48. The molecule has 3 rings (SSSR count). The fraction of sp³-hybridized carbons (Fsp3) is 0.211. The van der Waals surface area contributed by atoms with Crippen molar-refractivity contribution in [2.24, 2.45) is 0 Å². The summed E-state index contributed by atoms with van der Waals surface area (Å²) in [4.78, 5) is 16.8. The van der Waals surface area contributed by atoms with Crippen molar-refractivity contribution in [3.8, 4) is 11.6 Å². The Morgan fingerprint density at radius 2 is 1.92 bits per heavy atom. The molecule has 0 unspecified atom stereocenters. The molecule has 0 spiro atoms. The van der Waals surface area contributed by atoms with E-state index in [0.29, 0.717) is 17.1 Å². The van der Waals surface area contributed by atoms with E-state index < -0.39 is 0 Å². The van der Waals surface area contributed by atoms with Crippen LogP contribution in [0.4, 0.5) is 5.82 Å². The summed E-state index contributed by atoms with van der Waals surface area (Å²) in [6.45, 7) is 6.20. The third-order valence-electron chi connectivity index (χ3n) is 3.67. The van der Waals surface area contributed by atoms with Crippen LogP contribution in [0.3, 0.4) is 0 Å². The van der Waals surface area contributed by atoms with Crippen LogP contribution in [-0.4, -0.2) is 21.1 Å². The number of hydrogen-bond donors (Lipinski definition) is 2. The summed E-state index contributed by atoms with van der Waals surface area (Å²) in [6, 6.07) is 12.5. The van der Waals surface area contributed by atoms with E-state index >= 15 is 0 Å². The van der Waals surface area contributed by atoms with Gasteiger partial charge >= 0.3 is 0 Å². The van der Waals surface area contributed by atoms with Gasteiger partial charge in [-0.05, 0) is 36.4 Å². The van der Waals surface area contributed by atoms with Crippen LogP contribution in [0.2, 0.25) is 0 Å². The van der Waals surface area contributed by atoms with Crippen molar-refractivity contribution in [3.05, 3.63) is 64.4 Å². The summed E-state index contributed by atoms with van der Waals surface area (Å²) in [5.74, 6) is 0.949. The number of nitrogens with one attached hydrogen (secondary N) is 2. The Bertz CT molecular complexity index is 914. The molecule has 0 aliphatic heterocycles. The Balaban J connectivity index is 1.79. The molecule has 0 fully saturated rings. The number of pyridine rings is 1. The zero-order valence-corrected chi connectivity index (χ0v) is 16.3. The van der Waals surface area contributed by atoms with Crippen molar-refractivity contribution in [1.82, 2.24) is 15.2 Å². The number of halogens is 1.